The van der Waals surface area contributed by atoms with Crippen LogP contribution in [0.1, 0.15) is 25.7 Å². The molecule has 2 N–H and O–H groups in total. The zero-order valence-electron chi connectivity index (χ0n) is 11.4. The first-order valence-electron chi connectivity index (χ1n) is 6.94. The summed E-state index contributed by atoms with van der Waals surface area (Å²) in [7, 11) is -3.26. The van der Waals surface area contributed by atoms with Crippen molar-refractivity contribution in [2.24, 2.45) is 11.8 Å². The Hall–Kier alpha value is -0.940. The number of halogens is 1. The summed E-state index contributed by atoms with van der Waals surface area (Å²) in [5.41, 5.74) is 1.36. The fourth-order valence-corrected chi connectivity index (χ4v) is 4.26. The van der Waals surface area contributed by atoms with Gasteiger partial charge in [-0.3, -0.25) is 4.72 Å². The van der Waals surface area contributed by atoms with E-state index in [1.165, 1.54) is 25.7 Å². The summed E-state index contributed by atoms with van der Waals surface area (Å²) >= 11 is 6.21. The quantitative estimate of drug-likeness (QED) is 0.896. The highest BCUT2D eigenvalue weighted by atomic mass is 35.5. The van der Waals surface area contributed by atoms with E-state index in [9.17, 15) is 8.42 Å². The molecule has 6 heteroatoms. The number of rotatable bonds is 4. The first kappa shape index (κ1) is 14.0. The maximum atomic E-state index is 11.3. The van der Waals surface area contributed by atoms with Crippen LogP contribution in [0.2, 0.25) is 5.02 Å². The third-order valence-electron chi connectivity index (χ3n) is 4.35. The van der Waals surface area contributed by atoms with Gasteiger partial charge in [-0.2, -0.15) is 0 Å². The van der Waals surface area contributed by atoms with Crippen LogP contribution >= 0.6 is 11.6 Å². The topological polar surface area (TPSA) is 58.2 Å². The molecule has 0 aromatic heterocycles. The van der Waals surface area contributed by atoms with Gasteiger partial charge in [0.25, 0.3) is 0 Å². The van der Waals surface area contributed by atoms with Crippen molar-refractivity contribution < 1.29 is 8.42 Å². The molecule has 0 spiro atoms. The third-order valence-corrected chi connectivity index (χ3v) is 5.28. The van der Waals surface area contributed by atoms with Crippen LogP contribution in [0.5, 0.6) is 0 Å². The summed E-state index contributed by atoms with van der Waals surface area (Å²) in [6, 6.07) is 5.65. The van der Waals surface area contributed by atoms with Gasteiger partial charge in [-0.05, 0) is 49.3 Å². The molecule has 0 aliphatic heterocycles. The summed E-state index contributed by atoms with van der Waals surface area (Å²) in [5.74, 6) is 1.59. The number of anilines is 2. The molecule has 2 saturated carbocycles. The van der Waals surface area contributed by atoms with E-state index in [-0.39, 0.29) is 0 Å². The highest BCUT2D eigenvalue weighted by Gasteiger charge is 2.39. The van der Waals surface area contributed by atoms with Gasteiger partial charge in [0.1, 0.15) is 0 Å². The Morgan fingerprint density at radius 1 is 1.25 bits per heavy atom. The van der Waals surface area contributed by atoms with Gasteiger partial charge < -0.3 is 5.32 Å². The van der Waals surface area contributed by atoms with E-state index in [1.54, 1.807) is 18.2 Å². The highest BCUT2D eigenvalue weighted by molar-refractivity contribution is 7.92. The Bertz CT molecular complexity index is 618. The number of hydrogen-bond acceptors (Lipinski definition) is 3. The van der Waals surface area contributed by atoms with Crippen molar-refractivity contribution in [1.82, 2.24) is 0 Å². The van der Waals surface area contributed by atoms with Crippen molar-refractivity contribution in [2.45, 2.75) is 31.7 Å². The zero-order valence-corrected chi connectivity index (χ0v) is 13.0. The summed E-state index contributed by atoms with van der Waals surface area (Å²) in [6.45, 7) is 0. The van der Waals surface area contributed by atoms with Gasteiger partial charge in [0.05, 0.1) is 22.7 Å². The second-order valence-corrected chi connectivity index (χ2v) is 8.15. The Morgan fingerprint density at radius 3 is 2.65 bits per heavy atom. The average Bonchev–Trinajstić information content (AvgIpc) is 2.93. The monoisotopic (exact) mass is 314 g/mol. The second-order valence-electron chi connectivity index (χ2n) is 5.99. The first-order chi connectivity index (χ1) is 9.40. The van der Waals surface area contributed by atoms with E-state index < -0.39 is 10.0 Å². The largest absolute Gasteiger partial charge is 0.381 e. The maximum absolute atomic E-state index is 11.3. The third kappa shape index (κ3) is 3.04. The molecule has 4 nitrogen and oxygen atoms in total. The van der Waals surface area contributed by atoms with Crippen LogP contribution in [-0.4, -0.2) is 20.7 Å². The highest BCUT2D eigenvalue weighted by Crippen LogP contribution is 2.46. The molecule has 2 aliphatic carbocycles. The van der Waals surface area contributed by atoms with Gasteiger partial charge in [-0.25, -0.2) is 8.42 Å². The van der Waals surface area contributed by atoms with Crippen LogP contribution in [0.4, 0.5) is 11.4 Å². The molecule has 0 amide bonds. The Kier molecular flexibility index (Phi) is 3.58. The molecule has 0 radical (unpaired) electrons. The Morgan fingerprint density at radius 2 is 2.05 bits per heavy atom. The number of sulfonamides is 1. The molecule has 3 rings (SSSR count). The average molecular weight is 315 g/mol. The number of hydrogen-bond donors (Lipinski definition) is 2. The molecule has 2 aliphatic rings. The molecule has 3 unspecified atom stereocenters. The van der Waals surface area contributed by atoms with Crippen LogP contribution < -0.4 is 10.0 Å². The smallest absolute Gasteiger partial charge is 0.229 e. The van der Waals surface area contributed by atoms with Gasteiger partial charge in [0, 0.05) is 6.04 Å². The van der Waals surface area contributed by atoms with Crippen molar-refractivity contribution in [3.63, 3.8) is 0 Å². The van der Waals surface area contributed by atoms with E-state index in [0.717, 1.165) is 23.8 Å². The minimum absolute atomic E-state index is 0.472. The summed E-state index contributed by atoms with van der Waals surface area (Å²) in [4.78, 5) is 0. The van der Waals surface area contributed by atoms with E-state index in [1.807, 2.05) is 0 Å². The number of benzene rings is 1. The fraction of sp³-hybridized carbons (Fsp3) is 0.571. The van der Waals surface area contributed by atoms with Gasteiger partial charge in [0.2, 0.25) is 10.0 Å². The summed E-state index contributed by atoms with van der Waals surface area (Å²) < 4.78 is 25.0. The van der Waals surface area contributed by atoms with Crippen LogP contribution in [0, 0.1) is 11.8 Å². The van der Waals surface area contributed by atoms with Crippen molar-refractivity contribution in [1.29, 1.82) is 0 Å². The van der Waals surface area contributed by atoms with Gasteiger partial charge in [-0.15, -0.1) is 0 Å². The molecule has 2 fully saturated rings. The van der Waals surface area contributed by atoms with Crippen LogP contribution in [0.15, 0.2) is 18.2 Å². The molecular formula is C14H19ClN2O2S. The first-order valence-corrected chi connectivity index (χ1v) is 9.21. The minimum Gasteiger partial charge on any atom is -0.381 e. The predicted molar refractivity (Wildman–Crippen MR) is 82.8 cm³/mol. The van der Waals surface area contributed by atoms with E-state index in [2.05, 4.69) is 10.0 Å². The lowest BCUT2D eigenvalue weighted by molar-refractivity contribution is 0.440. The zero-order chi connectivity index (χ0) is 14.3. The van der Waals surface area contributed by atoms with Crippen LogP contribution in [0.25, 0.3) is 0 Å². The molecule has 110 valence electrons. The molecule has 0 heterocycles. The standard InChI is InChI=1S/C14H19ClN2O2S/c1-20(18,19)17-11-4-5-12(15)14(8-11)16-13-7-9-2-3-10(13)6-9/h4-5,8-10,13,16-17H,2-3,6-7H2,1H3. The van der Waals surface area contributed by atoms with Gasteiger partial charge in [-0.1, -0.05) is 18.0 Å². The molecule has 1 aromatic rings. The van der Waals surface area contributed by atoms with Crippen molar-refractivity contribution in [2.75, 3.05) is 16.3 Å². The Labute approximate surface area is 125 Å². The lowest BCUT2D eigenvalue weighted by atomic mass is 9.95. The van der Waals surface area contributed by atoms with Gasteiger partial charge in [0.15, 0.2) is 0 Å². The molecular weight excluding hydrogens is 296 g/mol. The minimum atomic E-state index is -3.26. The summed E-state index contributed by atoms with van der Waals surface area (Å²) in [6.07, 6.45) is 6.30. The summed E-state index contributed by atoms with van der Waals surface area (Å²) in [5, 5.41) is 4.13. The van der Waals surface area contributed by atoms with Crippen molar-refractivity contribution in [3.05, 3.63) is 23.2 Å². The number of nitrogens with one attached hydrogen (secondary N) is 2. The molecule has 3 atom stereocenters. The Balaban J connectivity index is 1.77. The van der Waals surface area contributed by atoms with Crippen LogP contribution in [0.3, 0.4) is 0 Å². The fourth-order valence-electron chi connectivity index (χ4n) is 3.53. The van der Waals surface area contributed by atoms with Crippen molar-refractivity contribution >= 4 is 33.0 Å². The van der Waals surface area contributed by atoms with E-state index >= 15 is 0 Å². The number of fused-ring (bicyclic) bond motifs is 2. The lowest BCUT2D eigenvalue weighted by Gasteiger charge is -2.24. The van der Waals surface area contributed by atoms with Gasteiger partial charge >= 0.3 is 0 Å². The SMILES string of the molecule is CS(=O)(=O)Nc1ccc(Cl)c(NC2CC3CCC2C3)c1. The van der Waals surface area contributed by atoms with E-state index in [0.29, 0.717) is 16.8 Å². The molecule has 0 saturated heterocycles. The van der Waals surface area contributed by atoms with E-state index in [4.69, 9.17) is 11.6 Å². The van der Waals surface area contributed by atoms with Crippen LogP contribution in [-0.2, 0) is 10.0 Å². The molecule has 1 aromatic carbocycles. The molecule has 20 heavy (non-hydrogen) atoms. The predicted octanol–water partition coefficient (Wildman–Crippen LogP) is 3.31. The lowest BCUT2D eigenvalue weighted by Crippen LogP contribution is -2.26. The van der Waals surface area contributed by atoms with Crippen molar-refractivity contribution in [3.8, 4) is 0 Å². The maximum Gasteiger partial charge on any atom is 0.229 e. The normalized spacial score (nSPS) is 28.6. The molecule has 2 bridgehead atoms. The second kappa shape index (κ2) is 5.11.